The zero-order valence-corrected chi connectivity index (χ0v) is 21.3. The van der Waals surface area contributed by atoms with Crippen molar-refractivity contribution >= 4 is 28.2 Å². The Labute approximate surface area is 229 Å². The molecule has 2 aromatic heterocycles. The van der Waals surface area contributed by atoms with Crippen LogP contribution < -0.4 is 5.32 Å². The third-order valence-electron chi connectivity index (χ3n) is 6.95. The highest BCUT2D eigenvalue weighted by molar-refractivity contribution is 6.02. The van der Waals surface area contributed by atoms with Gasteiger partial charge < -0.3 is 14.8 Å². The SMILES string of the molecule is O=C(O)c1ccc(CNC(=O)c2cc(-c3ccccc3)cn3cnc(Cc4ccc5cc(F)ccc5c4)c23)cc1. The number of carboxylic acid groups (broad SMARTS) is 1. The van der Waals surface area contributed by atoms with Crippen molar-refractivity contribution in [1.82, 2.24) is 14.7 Å². The minimum atomic E-state index is -0.998. The monoisotopic (exact) mass is 529 g/mol. The second-order valence-electron chi connectivity index (χ2n) is 9.64. The molecule has 0 aliphatic rings. The van der Waals surface area contributed by atoms with Crippen LogP contribution in [0.4, 0.5) is 4.39 Å². The number of aromatic carboxylic acids is 1. The van der Waals surface area contributed by atoms with E-state index in [-0.39, 0.29) is 23.8 Å². The zero-order valence-electron chi connectivity index (χ0n) is 21.3. The first-order valence-electron chi connectivity index (χ1n) is 12.8. The van der Waals surface area contributed by atoms with Crippen molar-refractivity contribution < 1.29 is 19.1 Å². The van der Waals surface area contributed by atoms with E-state index < -0.39 is 5.97 Å². The third-order valence-corrected chi connectivity index (χ3v) is 6.95. The Kier molecular flexibility index (Phi) is 6.54. The van der Waals surface area contributed by atoms with Crippen molar-refractivity contribution in [2.45, 2.75) is 13.0 Å². The average Bonchev–Trinajstić information content (AvgIpc) is 3.38. The molecular formula is C33H24FN3O3. The summed E-state index contributed by atoms with van der Waals surface area (Å²) in [6.45, 7) is 0.241. The number of nitrogens with zero attached hydrogens (tertiary/aromatic N) is 2. The van der Waals surface area contributed by atoms with Crippen LogP contribution in [0.2, 0.25) is 0 Å². The summed E-state index contributed by atoms with van der Waals surface area (Å²) in [4.78, 5) is 29.5. The molecule has 0 aliphatic carbocycles. The Morgan fingerprint density at radius 3 is 2.33 bits per heavy atom. The maximum atomic E-state index is 13.6. The normalized spacial score (nSPS) is 11.1. The van der Waals surface area contributed by atoms with Crippen molar-refractivity contribution in [3.05, 3.63) is 143 Å². The molecule has 0 aliphatic heterocycles. The van der Waals surface area contributed by atoms with E-state index in [2.05, 4.69) is 10.3 Å². The number of carbonyl (C=O) groups excluding carboxylic acids is 1. The molecule has 0 spiro atoms. The van der Waals surface area contributed by atoms with E-state index in [0.717, 1.165) is 38.7 Å². The predicted octanol–water partition coefficient (Wildman–Crippen LogP) is 6.51. The van der Waals surface area contributed by atoms with Gasteiger partial charge in [-0.3, -0.25) is 4.79 Å². The summed E-state index contributed by atoms with van der Waals surface area (Å²) in [7, 11) is 0. The van der Waals surface area contributed by atoms with Crippen LogP contribution >= 0.6 is 0 Å². The van der Waals surface area contributed by atoms with Gasteiger partial charge in [-0.1, -0.05) is 66.7 Å². The van der Waals surface area contributed by atoms with Crippen molar-refractivity contribution in [3.63, 3.8) is 0 Å². The number of aromatic nitrogens is 2. The fourth-order valence-corrected chi connectivity index (χ4v) is 4.91. The molecule has 196 valence electrons. The Bertz CT molecular complexity index is 1880. The topological polar surface area (TPSA) is 83.7 Å². The third kappa shape index (κ3) is 5.05. The van der Waals surface area contributed by atoms with Crippen molar-refractivity contribution in [2.75, 3.05) is 0 Å². The number of rotatable bonds is 7. The molecule has 40 heavy (non-hydrogen) atoms. The summed E-state index contributed by atoms with van der Waals surface area (Å²) in [6, 6.07) is 28.7. The number of hydrogen-bond acceptors (Lipinski definition) is 3. The lowest BCUT2D eigenvalue weighted by atomic mass is 10.0. The molecule has 0 unspecified atom stereocenters. The molecule has 6 nitrogen and oxygen atoms in total. The van der Waals surface area contributed by atoms with Gasteiger partial charge in [0.1, 0.15) is 5.82 Å². The Morgan fingerprint density at radius 2 is 1.55 bits per heavy atom. The van der Waals surface area contributed by atoms with Crippen molar-refractivity contribution in [2.24, 2.45) is 0 Å². The second kappa shape index (κ2) is 10.5. The molecule has 1 amide bonds. The Morgan fingerprint density at radius 1 is 0.825 bits per heavy atom. The molecule has 4 aromatic carbocycles. The lowest BCUT2D eigenvalue weighted by molar-refractivity contribution is 0.0696. The van der Waals surface area contributed by atoms with E-state index in [1.54, 1.807) is 24.5 Å². The summed E-state index contributed by atoms with van der Waals surface area (Å²) < 4.78 is 15.5. The molecule has 6 rings (SSSR count). The summed E-state index contributed by atoms with van der Waals surface area (Å²) in [5.74, 6) is -1.54. The van der Waals surface area contributed by atoms with E-state index in [0.29, 0.717) is 17.5 Å². The molecular weight excluding hydrogens is 505 g/mol. The Hall–Kier alpha value is -5.30. The molecule has 0 atom stereocenters. The number of halogens is 1. The highest BCUT2D eigenvalue weighted by atomic mass is 19.1. The average molecular weight is 530 g/mol. The molecule has 0 radical (unpaired) electrons. The van der Waals surface area contributed by atoms with Gasteiger partial charge in [0.25, 0.3) is 5.91 Å². The number of hydrogen-bond donors (Lipinski definition) is 2. The van der Waals surface area contributed by atoms with Crippen LogP contribution in [0.25, 0.3) is 27.4 Å². The van der Waals surface area contributed by atoms with Crippen molar-refractivity contribution in [1.29, 1.82) is 0 Å². The maximum Gasteiger partial charge on any atom is 0.335 e. The lowest BCUT2D eigenvalue weighted by Gasteiger charge is -2.12. The number of carboxylic acids is 1. The van der Waals surface area contributed by atoms with Crippen molar-refractivity contribution in [3.8, 4) is 11.1 Å². The number of carbonyl (C=O) groups is 2. The van der Waals surface area contributed by atoms with Gasteiger partial charge in [-0.15, -0.1) is 0 Å². The van der Waals surface area contributed by atoms with Gasteiger partial charge in [0.2, 0.25) is 0 Å². The van der Waals surface area contributed by atoms with E-state index >= 15 is 0 Å². The summed E-state index contributed by atoms with van der Waals surface area (Å²) in [5.41, 5.74) is 5.76. The van der Waals surface area contributed by atoms with E-state index in [9.17, 15) is 14.0 Å². The van der Waals surface area contributed by atoms with Crippen LogP contribution in [0, 0.1) is 5.82 Å². The highest BCUT2D eigenvalue weighted by Gasteiger charge is 2.18. The highest BCUT2D eigenvalue weighted by Crippen LogP contribution is 2.27. The first-order valence-corrected chi connectivity index (χ1v) is 12.8. The standard InChI is InChI=1S/C33H24FN3O3/c34-28-13-12-25-14-22(8-11-26(25)16-28)15-30-31-29(32(38)35-18-21-6-9-24(10-7-21)33(39)40)17-27(19-37(31)20-36-30)23-4-2-1-3-5-23/h1-14,16-17,19-20H,15,18H2,(H,35,38)(H,39,40). The molecule has 2 N–H and O–H groups in total. The van der Waals surface area contributed by atoms with Crippen LogP contribution in [-0.4, -0.2) is 26.4 Å². The second-order valence-corrected chi connectivity index (χ2v) is 9.64. The summed E-state index contributed by atoms with van der Waals surface area (Å²) >= 11 is 0. The van der Waals surface area contributed by atoms with Gasteiger partial charge in [0.15, 0.2) is 0 Å². The van der Waals surface area contributed by atoms with Gasteiger partial charge in [0.05, 0.1) is 28.7 Å². The fraction of sp³-hybridized carbons (Fsp3) is 0.0606. The number of fused-ring (bicyclic) bond motifs is 2. The van der Waals surface area contributed by atoms with Crippen LogP contribution in [0.5, 0.6) is 0 Å². The van der Waals surface area contributed by atoms with E-state index in [4.69, 9.17) is 5.11 Å². The van der Waals surface area contributed by atoms with Gasteiger partial charge in [0, 0.05) is 19.2 Å². The fourth-order valence-electron chi connectivity index (χ4n) is 4.91. The number of amides is 1. The maximum absolute atomic E-state index is 13.6. The summed E-state index contributed by atoms with van der Waals surface area (Å²) in [6.07, 6.45) is 4.17. The largest absolute Gasteiger partial charge is 0.478 e. The Balaban J connectivity index is 1.36. The molecule has 0 bridgehead atoms. The first-order chi connectivity index (χ1) is 19.4. The zero-order chi connectivity index (χ0) is 27.6. The van der Waals surface area contributed by atoms with Gasteiger partial charge in [-0.25, -0.2) is 14.2 Å². The van der Waals surface area contributed by atoms with Crippen LogP contribution in [0.3, 0.4) is 0 Å². The van der Waals surface area contributed by atoms with Gasteiger partial charge in [-0.05, 0) is 63.4 Å². The number of imidazole rings is 1. The number of pyridine rings is 1. The van der Waals surface area contributed by atoms with Gasteiger partial charge >= 0.3 is 5.97 Å². The van der Waals surface area contributed by atoms with E-state index in [1.165, 1.54) is 24.3 Å². The summed E-state index contributed by atoms with van der Waals surface area (Å²) in [5, 5.41) is 13.9. The first kappa shape index (κ1) is 25.0. The molecule has 0 saturated heterocycles. The molecule has 2 heterocycles. The molecule has 0 saturated carbocycles. The van der Waals surface area contributed by atoms with Crippen LogP contribution in [0.15, 0.2) is 110 Å². The number of nitrogens with one attached hydrogen (secondary N) is 1. The lowest BCUT2D eigenvalue weighted by Crippen LogP contribution is -2.23. The molecule has 7 heteroatoms. The quantitative estimate of drug-likeness (QED) is 0.247. The minimum absolute atomic E-state index is 0.190. The van der Waals surface area contributed by atoms with Gasteiger partial charge in [-0.2, -0.15) is 0 Å². The predicted molar refractivity (Wildman–Crippen MR) is 152 cm³/mol. The minimum Gasteiger partial charge on any atom is -0.478 e. The smallest absolute Gasteiger partial charge is 0.335 e. The van der Waals surface area contributed by atoms with E-state index in [1.807, 2.05) is 65.2 Å². The van der Waals surface area contributed by atoms with Crippen LogP contribution in [-0.2, 0) is 13.0 Å². The molecule has 0 fully saturated rings. The number of benzene rings is 4. The molecule has 6 aromatic rings. The van der Waals surface area contributed by atoms with Crippen LogP contribution in [0.1, 0.15) is 37.5 Å².